The van der Waals surface area contributed by atoms with Crippen molar-refractivity contribution in [3.63, 3.8) is 0 Å². The summed E-state index contributed by atoms with van der Waals surface area (Å²) in [7, 11) is -3.83. The van der Waals surface area contributed by atoms with Gasteiger partial charge in [-0.15, -0.1) is 11.3 Å². The topological polar surface area (TPSA) is 96.0 Å². The van der Waals surface area contributed by atoms with E-state index in [2.05, 4.69) is 5.32 Å². The van der Waals surface area contributed by atoms with Crippen molar-refractivity contribution < 1.29 is 22.7 Å². The minimum atomic E-state index is -3.83. The fraction of sp³-hybridized carbons (Fsp3) is 0.280. The van der Waals surface area contributed by atoms with E-state index in [1.807, 2.05) is 24.3 Å². The fourth-order valence-corrected chi connectivity index (χ4v) is 6.76. The normalized spacial score (nSPS) is 16.0. The smallest absolute Gasteiger partial charge is 0.264 e. The van der Waals surface area contributed by atoms with Gasteiger partial charge < -0.3 is 15.0 Å². The third kappa shape index (κ3) is 4.82. The molecule has 0 spiro atoms. The number of carbonyl (C=O) groups is 2. The highest BCUT2D eigenvalue weighted by molar-refractivity contribution is 7.92. The summed E-state index contributed by atoms with van der Waals surface area (Å²) in [6.45, 7) is 2.51. The van der Waals surface area contributed by atoms with E-state index in [9.17, 15) is 18.0 Å². The van der Waals surface area contributed by atoms with Gasteiger partial charge in [0.15, 0.2) is 0 Å². The Balaban J connectivity index is 1.33. The summed E-state index contributed by atoms with van der Waals surface area (Å²) in [5.41, 5.74) is 1.91. The van der Waals surface area contributed by atoms with Gasteiger partial charge in [-0.3, -0.25) is 13.9 Å². The van der Waals surface area contributed by atoms with Crippen molar-refractivity contribution in [2.45, 2.75) is 17.7 Å². The highest BCUT2D eigenvalue weighted by atomic mass is 32.2. The molecule has 0 atom stereocenters. The molecule has 5 rings (SSSR count). The number of rotatable bonds is 5. The van der Waals surface area contributed by atoms with E-state index in [1.165, 1.54) is 27.8 Å². The van der Waals surface area contributed by atoms with Gasteiger partial charge in [0.2, 0.25) is 0 Å². The molecule has 1 N–H and O–H groups in total. The molecule has 0 aliphatic carbocycles. The van der Waals surface area contributed by atoms with Gasteiger partial charge in [0.1, 0.15) is 0 Å². The predicted molar refractivity (Wildman–Crippen MR) is 135 cm³/mol. The highest BCUT2D eigenvalue weighted by Gasteiger charge is 2.29. The predicted octanol–water partition coefficient (Wildman–Crippen LogP) is 3.61. The molecule has 2 aliphatic heterocycles. The van der Waals surface area contributed by atoms with Crippen LogP contribution in [0.3, 0.4) is 0 Å². The second-order valence-electron chi connectivity index (χ2n) is 8.36. The van der Waals surface area contributed by atoms with Crippen LogP contribution in [-0.4, -0.2) is 58.0 Å². The van der Waals surface area contributed by atoms with Crippen molar-refractivity contribution in [1.82, 2.24) is 4.90 Å². The third-order valence-electron chi connectivity index (χ3n) is 6.10. The summed E-state index contributed by atoms with van der Waals surface area (Å²) < 4.78 is 33.6. The minimum Gasteiger partial charge on any atom is -0.378 e. The Morgan fingerprint density at radius 2 is 1.74 bits per heavy atom. The van der Waals surface area contributed by atoms with Crippen LogP contribution in [0.25, 0.3) is 0 Å². The Kier molecular flexibility index (Phi) is 6.59. The molecule has 10 heteroatoms. The lowest BCUT2D eigenvalue weighted by Crippen LogP contribution is -2.40. The Morgan fingerprint density at radius 1 is 0.943 bits per heavy atom. The number of carbonyl (C=O) groups excluding carboxylic acids is 2. The Morgan fingerprint density at radius 3 is 2.57 bits per heavy atom. The molecule has 8 nitrogen and oxygen atoms in total. The second-order valence-corrected chi connectivity index (χ2v) is 11.3. The van der Waals surface area contributed by atoms with Gasteiger partial charge in [-0.2, -0.15) is 0 Å². The maximum atomic E-state index is 13.5. The summed E-state index contributed by atoms with van der Waals surface area (Å²) in [4.78, 5) is 27.9. The number of anilines is 2. The maximum absolute atomic E-state index is 13.5. The summed E-state index contributed by atoms with van der Waals surface area (Å²) in [6, 6.07) is 16.9. The number of nitrogens with zero attached hydrogens (tertiary/aromatic N) is 2. The molecule has 3 aromatic rings. The first-order valence-corrected chi connectivity index (χ1v) is 13.7. The Labute approximate surface area is 208 Å². The van der Waals surface area contributed by atoms with Gasteiger partial charge in [-0.05, 0) is 54.8 Å². The largest absolute Gasteiger partial charge is 0.378 e. The Bertz CT molecular complexity index is 1360. The van der Waals surface area contributed by atoms with Crippen LogP contribution < -0.4 is 9.62 Å². The number of amides is 2. The number of sulfonamides is 1. The number of ether oxygens (including phenoxy) is 1. The van der Waals surface area contributed by atoms with Gasteiger partial charge in [0, 0.05) is 25.2 Å². The van der Waals surface area contributed by atoms with Gasteiger partial charge >= 0.3 is 0 Å². The molecule has 3 heterocycles. The number of nitrogens with one attached hydrogen (secondary N) is 1. The van der Waals surface area contributed by atoms with E-state index in [1.54, 1.807) is 29.2 Å². The van der Waals surface area contributed by atoms with Gasteiger partial charge in [-0.1, -0.05) is 24.3 Å². The first kappa shape index (κ1) is 23.5. The monoisotopic (exact) mass is 511 g/mol. The zero-order valence-corrected chi connectivity index (χ0v) is 20.6. The number of para-hydroxylation sites is 1. The van der Waals surface area contributed by atoms with Crippen molar-refractivity contribution in [2.24, 2.45) is 0 Å². The molecular weight excluding hydrogens is 486 g/mol. The van der Waals surface area contributed by atoms with Crippen molar-refractivity contribution in [1.29, 1.82) is 0 Å². The zero-order chi connectivity index (χ0) is 24.4. The number of morpholine rings is 1. The van der Waals surface area contributed by atoms with Crippen LogP contribution in [-0.2, 0) is 21.2 Å². The lowest BCUT2D eigenvalue weighted by atomic mass is 10.0. The van der Waals surface area contributed by atoms with Crippen molar-refractivity contribution in [3.05, 3.63) is 76.7 Å². The summed E-state index contributed by atoms with van der Waals surface area (Å²) in [5, 5.41) is 3.30. The van der Waals surface area contributed by atoms with E-state index < -0.39 is 15.9 Å². The van der Waals surface area contributed by atoms with Crippen LogP contribution in [0.5, 0.6) is 0 Å². The van der Waals surface area contributed by atoms with Gasteiger partial charge in [0.25, 0.3) is 21.8 Å². The van der Waals surface area contributed by atoms with E-state index in [0.29, 0.717) is 48.4 Å². The molecule has 1 saturated heterocycles. The number of hydrogen-bond donors (Lipinski definition) is 1. The third-order valence-corrected chi connectivity index (χ3v) is 8.90. The van der Waals surface area contributed by atoms with Crippen LogP contribution in [0.2, 0.25) is 0 Å². The fourth-order valence-electron chi connectivity index (χ4n) is 4.30. The van der Waals surface area contributed by atoms with Crippen LogP contribution in [0.1, 0.15) is 32.0 Å². The maximum Gasteiger partial charge on any atom is 0.264 e. The van der Waals surface area contributed by atoms with Crippen LogP contribution in [0.15, 0.2) is 65.6 Å². The molecule has 0 bridgehead atoms. The summed E-state index contributed by atoms with van der Waals surface area (Å²) in [5.74, 6) is -0.526. The molecule has 2 aromatic carbocycles. The molecular formula is C25H25N3O5S2. The average molecular weight is 512 g/mol. The minimum absolute atomic E-state index is 0.0659. The number of benzene rings is 2. The highest BCUT2D eigenvalue weighted by Crippen LogP contribution is 2.32. The van der Waals surface area contributed by atoms with Gasteiger partial charge in [-0.25, -0.2) is 8.42 Å². The molecule has 35 heavy (non-hydrogen) atoms. The molecule has 1 fully saturated rings. The molecule has 0 unspecified atom stereocenters. The first-order chi connectivity index (χ1) is 16.9. The van der Waals surface area contributed by atoms with Crippen LogP contribution in [0, 0.1) is 0 Å². The molecule has 2 amide bonds. The molecule has 182 valence electrons. The average Bonchev–Trinajstić information content (AvgIpc) is 3.37. The lowest BCUT2D eigenvalue weighted by Gasteiger charge is -2.30. The number of thiophene rings is 1. The summed E-state index contributed by atoms with van der Waals surface area (Å²) in [6.07, 6.45) is 1.57. The standard InChI is InChI=1S/C25H25N3O5S2/c29-24(26-23-11-10-22(34-23)25(30)27-13-15-33-16-14-27)19-6-3-8-20(17-19)35(31,32)28-12-4-7-18-5-1-2-9-21(18)28/h1-3,5-6,8-11,17H,4,7,12-16H2,(H,26,29). The molecule has 0 radical (unpaired) electrons. The van der Waals surface area contributed by atoms with Crippen LogP contribution in [0.4, 0.5) is 10.7 Å². The van der Waals surface area contributed by atoms with E-state index in [0.717, 1.165) is 18.4 Å². The van der Waals surface area contributed by atoms with Crippen molar-refractivity contribution >= 4 is 43.9 Å². The Hall–Kier alpha value is -3.21. The van der Waals surface area contributed by atoms with Crippen molar-refractivity contribution in [2.75, 3.05) is 42.5 Å². The number of hydrogen-bond acceptors (Lipinski definition) is 6. The second kappa shape index (κ2) is 9.80. The number of fused-ring (bicyclic) bond motifs is 1. The van der Waals surface area contributed by atoms with E-state index >= 15 is 0 Å². The van der Waals surface area contributed by atoms with E-state index in [-0.39, 0.29) is 16.4 Å². The quantitative estimate of drug-likeness (QED) is 0.565. The molecule has 2 aliphatic rings. The van der Waals surface area contributed by atoms with Crippen LogP contribution >= 0.6 is 11.3 Å². The summed E-state index contributed by atoms with van der Waals surface area (Å²) >= 11 is 1.19. The van der Waals surface area contributed by atoms with Gasteiger partial charge in [0.05, 0.1) is 33.7 Å². The zero-order valence-electron chi connectivity index (χ0n) is 19.0. The van der Waals surface area contributed by atoms with Crippen molar-refractivity contribution in [3.8, 4) is 0 Å². The first-order valence-electron chi connectivity index (χ1n) is 11.4. The lowest BCUT2D eigenvalue weighted by molar-refractivity contribution is 0.0306. The number of aryl methyl sites for hydroxylation is 1. The molecule has 0 saturated carbocycles. The van der Waals surface area contributed by atoms with E-state index in [4.69, 9.17) is 4.74 Å². The SMILES string of the molecule is O=C(Nc1ccc(C(=O)N2CCOCC2)s1)c1cccc(S(=O)(=O)N2CCCc3ccccc32)c1. The molecule has 1 aromatic heterocycles.